The van der Waals surface area contributed by atoms with Gasteiger partial charge in [0.2, 0.25) is 0 Å². The van der Waals surface area contributed by atoms with Gasteiger partial charge >= 0.3 is 0 Å². The number of fused-ring (bicyclic) bond motifs is 1. The highest BCUT2D eigenvalue weighted by Crippen LogP contribution is 2.34. The summed E-state index contributed by atoms with van der Waals surface area (Å²) in [5.74, 6) is 0.689. The summed E-state index contributed by atoms with van der Waals surface area (Å²) in [7, 11) is 1.93. The first-order valence-electron chi connectivity index (χ1n) is 5.87. The van der Waals surface area contributed by atoms with Crippen LogP contribution in [0, 0.1) is 11.3 Å². The average molecular weight is 231 g/mol. The molecular formula is C13H17N3O. The van der Waals surface area contributed by atoms with E-state index < -0.39 is 0 Å². The topological polar surface area (TPSA) is 57.1 Å². The standard InChI is InChI=1S/C13H17N3O/c1-9-12(6-7-15-2)17-13-10(8-14)4-3-5-11(13)16-9/h3-5,9,12,15-16H,6-7H2,1-2H3. The molecule has 1 aliphatic heterocycles. The summed E-state index contributed by atoms with van der Waals surface area (Å²) in [5, 5.41) is 15.6. The first kappa shape index (κ1) is 11.7. The van der Waals surface area contributed by atoms with E-state index >= 15 is 0 Å². The van der Waals surface area contributed by atoms with E-state index in [0.717, 1.165) is 18.7 Å². The minimum absolute atomic E-state index is 0.101. The van der Waals surface area contributed by atoms with Crippen LogP contribution < -0.4 is 15.4 Å². The highest BCUT2D eigenvalue weighted by molar-refractivity contribution is 5.65. The first-order chi connectivity index (χ1) is 8.26. The number of nitriles is 1. The van der Waals surface area contributed by atoms with Crippen molar-refractivity contribution in [2.75, 3.05) is 18.9 Å². The molecule has 2 N–H and O–H groups in total. The third-order valence-corrected chi connectivity index (χ3v) is 3.02. The van der Waals surface area contributed by atoms with Crippen molar-refractivity contribution in [3.8, 4) is 11.8 Å². The zero-order valence-electron chi connectivity index (χ0n) is 10.2. The number of ether oxygens (including phenoxy) is 1. The van der Waals surface area contributed by atoms with Gasteiger partial charge in [-0.2, -0.15) is 5.26 Å². The first-order valence-corrected chi connectivity index (χ1v) is 5.87. The van der Waals surface area contributed by atoms with Gasteiger partial charge in [0.25, 0.3) is 0 Å². The minimum Gasteiger partial charge on any atom is -0.485 e. The zero-order valence-corrected chi connectivity index (χ0v) is 10.2. The van der Waals surface area contributed by atoms with E-state index in [1.54, 1.807) is 6.07 Å². The summed E-state index contributed by atoms with van der Waals surface area (Å²) in [4.78, 5) is 0. The predicted molar refractivity (Wildman–Crippen MR) is 67.2 cm³/mol. The molecule has 0 aliphatic carbocycles. The van der Waals surface area contributed by atoms with Gasteiger partial charge in [-0.1, -0.05) is 6.07 Å². The van der Waals surface area contributed by atoms with Gasteiger partial charge in [-0.3, -0.25) is 0 Å². The van der Waals surface area contributed by atoms with Crippen LogP contribution in [0.15, 0.2) is 18.2 Å². The van der Waals surface area contributed by atoms with Crippen molar-refractivity contribution in [1.82, 2.24) is 5.32 Å². The summed E-state index contributed by atoms with van der Waals surface area (Å²) in [6.45, 7) is 3.00. The van der Waals surface area contributed by atoms with Crippen LogP contribution in [-0.4, -0.2) is 25.7 Å². The van der Waals surface area contributed by atoms with Crippen molar-refractivity contribution in [3.05, 3.63) is 23.8 Å². The van der Waals surface area contributed by atoms with Gasteiger partial charge in [0.1, 0.15) is 12.2 Å². The van der Waals surface area contributed by atoms with Crippen LogP contribution in [0.5, 0.6) is 5.75 Å². The van der Waals surface area contributed by atoms with Gasteiger partial charge in [-0.05, 0) is 39.1 Å². The number of benzene rings is 1. The Morgan fingerprint density at radius 3 is 3.06 bits per heavy atom. The lowest BCUT2D eigenvalue weighted by Gasteiger charge is -2.33. The third kappa shape index (κ3) is 2.34. The largest absolute Gasteiger partial charge is 0.485 e. The summed E-state index contributed by atoms with van der Waals surface area (Å²) in [6, 6.07) is 8.02. The Balaban J connectivity index is 2.23. The highest BCUT2D eigenvalue weighted by Gasteiger charge is 2.27. The minimum atomic E-state index is 0.101. The maximum atomic E-state index is 9.05. The number of nitrogens with zero attached hydrogens (tertiary/aromatic N) is 1. The molecule has 0 radical (unpaired) electrons. The molecular weight excluding hydrogens is 214 g/mol. The molecule has 0 amide bonds. The van der Waals surface area contributed by atoms with Gasteiger partial charge < -0.3 is 15.4 Å². The normalized spacial score (nSPS) is 21.9. The fourth-order valence-electron chi connectivity index (χ4n) is 2.05. The van der Waals surface area contributed by atoms with E-state index in [4.69, 9.17) is 10.00 Å². The number of rotatable bonds is 3. The quantitative estimate of drug-likeness (QED) is 0.831. The smallest absolute Gasteiger partial charge is 0.160 e. The van der Waals surface area contributed by atoms with Crippen LogP contribution >= 0.6 is 0 Å². The Morgan fingerprint density at radius 1 is 1.53 bits per heavy atom. The maximum absolute atomic E-state index is 9.05. The van der Waals surface area contributed by atoms with E-state index in [1.807, 2.05) is 19.2 Å². The monoisotopic (exact) mass is 231 g/mol. The SMILES string of the molecule is CNCCC1Oc2c(C#N)cccc2NC1C. The van der Waals surface area contributed by atoms with Crippen molar-refractivity contribution in [1.29, 1.82) is 5.26 Å². The van der Waals surface area contributed by atoms with Crippen molar-refractivity contribution in [3.63, 3.8) is 0 Å². The van der Waals surface area contributed by atoms with Gasteiger partial charge in [0.05, 0.1) is 17.3 Å². The van der Waals surface area contributed by atoms with Crippen molar-refractivity contribution >= 4 is 5.69 Å². The molecule has 0 saturated heterocycles. The molecule has 2 rings (SSSR count). The lowest BCUT2D eigenvalue weighted by atomic mass is 10.0. The Hall–Kier alpha value is -1.73. The number of para-hydroxylation sites is 1. The number of anilines is 1. The van der Waals surface area contributed by atoms with Crippen LogP contribution in [0.4, 0.5) is 5.69 Å². The van der Waals surface area contributed by atoms with Gasteiger partial charge in [0, 0.05) is 0 Å². The predicted octanol–water partition coefficient (Wildman–Crippen LogP) is 1.73. The Bertz CT molecular complexity index is 439. The molecule has 17 heavy (non-hydrogen) atoms. The molecule has 90 valence electrons. The van der Waals surface area contributed by atoms with Gasteiger partial charge in [-0.25, -0.2) is 0 Å². The zero-order chi connectivity index (χ0) is 12.3. The second kappa shape index (κ2) is 5.07. The maximum Gasteiger partial charge on any atom is 0.160 e. The molecule has 1 heterocycles. The number of hydrogen-bond acceptors (Lipinski definition) is 4. The third-order valence-electron chi connectivity index (χ3n) is 3.02. The summed E-state index contributed by atoms with van der Waals surface area (Å²) >= 11 is 0. The summed E-state index contributed by atoms with van der Waals surface area (Å²) in [5.41, 5.74) is 1.51. The number of nitrogens with one attached hydrogen (secondary N) is 2. The van der Waals surface area contributed by atoms with Crippen molar-refractivity contribution in [2.45, 2.75) is 25.5 Å². The molecule has 1 aromatic carbocycles. The average Bonchev–Trinajstić information content (AvgIpc) is 2.35. The summed E-state index contributed by atoms with van der Waals surface area (Å²) < 4.78 is 5.94. The number of hydrogen-bond donors (Lipinski definition) is 2. The molecule has 0 aromatic heterocycles. The summed E-state index contributed by atoms with van der Waals surface area (Å²) in [6.07, 6.45) is 1.02. The molecule has 0 saturated carbocycles. The second-order valence-electron chi connectivity index (χ2n) is 4.28. The van der Waals surface area contributed by atoms with Gasteiger partial charge in [0.15, 0.2) is 5.75 Å². The van der Waals surface area contributed by atoms with Crippen molar-refractivity contribution < 1.29 is 4.74 Å². The van der Waals surface area contributed by atoms with E-state index in [1.165, 1.54) is 0 Å². The Labute approximate surface area is 102 Å². The fourth-order valence-corrected chi connectivity index (χ4v) is 2.05. The van der Waals surface area contributed by atoms with E-state index in [2.05, 4.69) is 23.6 Å². The van der Waals surface area contributed by atoms with E-state index in [0.29, 0.717) is 11.3 Å². The van der Waals surface area contributed by atoms with Crippen LogP contribution in [0.1, 0.15) is 18.9 Å². The highest BCUT2D eigenvalue weighted by atomic mass is 16.5. The molecule has 1 aliphatic rings. The van der Waals surface area contributed by atoms with E-state index in [-0.39, 0.29) is 12.1 Å². The molecule has 4 nitrogen and oxygen atoms in total. The molecule has 1 aromatic rings. The molecule has 4 heteroatoms. The Morgan fingerprint density at radius 2 is 2.35 bits per heavy atom. The van der Waals surface area contributed by atoms with Crippen LogP contribution in [0.25, 0.3) is 0 Å². The second-order valence-corrected chi connectivity index (χ2v) is 4.28. The molecule has 0 spiro atoms. The molecule has 2 atom stereocenters. The molecule has 0 fully saturated rings. The Kier molecular flexibility index (Phi) is 3.50. The lowest BCUT2D eigenvalue weighted by molar-refractivity contribution is 0.164. The fraction of sp³-hybridized carbons (Fsp3) is 0.462. The van der Waals surface area contributed by atoms with Gasteiger partial charge in [-0.15, -0.1) is 0 Å². The van der Waals surface area contributed by atoms with Crippen molar-refractivity contribution in [2.24, 2.45) is 0 Å². The molecule has 2 unspecified atom stereocenters. The van der Waals surface area contributed by atoms with Crippen LogP contribution in [0.2, 0.25) is 0 Å². The van der Waals surface area contributed by atoms with Crippen LogP contribution in [0.3, 0.4) is 0 Å². The van der Waals surface area contributed by atoms with E-state index in [9.17, 15) is 0 Å². The molecule has 0 bridgehead atoms. The van der Waals surface area contributed by atoms with Crippen LogP contribution in [-0.2, 0) is 0 Å². The lowest BCUT2D eigenvalue weighted by Crippen LogP contribution is -2.41.